The average molecular weight is 226 g/mol. The fraction of sp³-hybridized carbons (Fsp3) is 0.400. The van der Waals surface area contributed by atoms with Crippen LogP contribution in [0.3, 0.4) is 0 Å². The molecule has 0 amide bonds. The number of hydrogen-bond acceptors (Lipinski definition) is 4. The predicted molar refractivity (Wildman–Crippen MR) is 59.4 cm³/mol. The molecule has 1 heterocycles. The molecule has 1 aromatic rings. The molecular formula is C10H12ClN3O. The molecule has 15 heavy (non-hydrogen) atoms. The van der Waals surface area contributed by atoms with Gasteiger partial charge in [0.15, 0.2) is 5.82 Å². The van der Waals surface area contributed by atoms with Gasteiger partial charge in [-0.15, -0.1) is 0 Å². The third-order valence-corrected chi connectivity index (χ3v) is 2.53. The topological polar surface area (TPSA) is 47.0 Å². The van der Waals surface area contributed by atoms with Crippen LogP contribution >= 0.6 is 11.6 Å². The third-order valence-electron chi connectivity index (χ3n) is 2.25. The Morgan fingerprint density at radius 1 is 1.47 bits per heavy atom. The third kappa shape index (κ3) is 2.39. The number of nitrogens with one attached hydrogen (secondary N) is 1. The van der Waals surface area contributed by atoms with Crippen molar-refractivity contribution in [1.29, 1.82) is 0 Å². The minimum Gasteiger partial charge on any atom is -0.467 e. The van der Waals surface area contributed by atoms with Gasteiger partial charge in [-0.1, -0.05) is 23.8 Å². The zero-order chi connectivity index (χ0) is 10.7. The lowest BCUT2D eigenvalue weighted by Crippen LogP contribution is -2.16. The molecule has 0 saturated carbocycles. The molecule has 0 spiro atoms. The summed E-state index contributed by atoms with van der Waals surface area (Å²) in [5, 5.41) is 3.77. The summed E-state index contributed by atoms with van der Waals surface area (Å²) in [6.45, 7) is 0. The summed E-state index contributed by atoms with van der Waals surface area (Å²) in [7, 11) is 1.53. The first-order valence-electron chi connectivity index (χ1n) is 4.77. The highest BCUT2D eigenvalue weighted by atomic mass is 35.5. The summed E-state index contributed by atoms with van der Waals surface area (Å²) in [6.07, 6.45) is 7.83. The van der Waals surface area contributed by atoms with Crippen molar-refractivity contribution in [2.45, 2.75) is 18.9 Å². The van der Waals surface area contributed by atoms with E-state index < -0.39 is 0 Å². The van der Waals surface area contributed by atoms with Crippen LogP contribution in [0.25, 0.3) is 0 Å². The molecule has 2 rings (SSSR count). The van der Waals surface area contributed by atoms with Gasteiger partial charge in [-0.05, 0) is 12.8 Å². The second kappa shape index (κ2) is 4.49. The SMILES string of the molecule is COc1ncc(Cl)c(NC2CC=CC2)n1. The van der Waals surface area contributed by atoms with Crippen molar-refractivity contribution in [2.24, 2.45) is 0 Å². The Hall–Kier alpha value is -1.29. The van der Waals surface area contributed by atoms with Crippen LogP contribution in [0, 0.1) is 0 Å². The molecule has 1 aromatic heterocycles. The Labute approximate surface area is 93.3 Å². The van der Waals surface area contributed by atoms with E-state index in [9.17, 15) is 0 Å². The lowest BCUT2D eigenvalue weighted by atomic mass is 10.2. The quantitative estimate of drug-likeness (QED) is 0.802. The van der Waals surface area contributed by atoms with E-state index in [0.29, 0.717) is 22.9 Å². The van der Waals surface area contributed by atoms with E-state index >= 15 is 0 Å². The van der Waals surface area contributed by atoms with Gasteiger partial charge in [-0.2, -0.15) is 4.98 Å². The van der Waals surface area contributed by atoms with Crippen LogP contribution in [0.1, 0.15) is 12.8 Å². The number of aromatic nitrogens is 2. The van der Waals surface area contributed by atoms with E-state index in [0.717, 1.165) is 12.8 Å². The maximum absolute atomic E-state index is 5.97. The number of anilines is 1. The molecule has 1 aliphatic rings. The molecule has 5 heteroatoms. The number of hydrogen-bond donors (Lipinski definition) is 1. The van der Waals surface area contributed by atoms with Gasteiger partial charge in [0.2, 0.25) is 0 Å². The van der Waals surface area contributed by atoms with E-state index in [1.807, 2.05) is 0 Å². The monoisotopic (exact) mass is 225 g/mol. The van der Waals surface area contributed by atoms with Crippen molar-refractivity contribution in [3.63, 3.8) is 0 Å². The van der Waals surface area contributed by atoms with Gasteiger partial charge in [0, 0.05) is 6.04 Å². The lowest BCUT2D eigenvalue weighted by molar-refractivity contribution is 0.380. The number of methoxy groups -OCH3 is 1. The zero-order valence-electron chi connectivity index (χ0n) is 8.40. The van der Waals surface area contributed by atoms with E-state index in [1.54, 1.807) is 0 Å². The van der Waals surface area contributed by atoms with Crippen LogP contribution < -0.4 is 10.1 Å². The molecule has 0 aromatic carbocycles. The van der Waals surface area contributed by atoms with Gasteiger partial charge in [0.1, 0.15) is 5.02 Å². The maximum Gasteiger partial charge on any atom is 0.318 e. The second-order valence-corrected chi connectivity index (χ2v) is 3.74. The molecule has 1 aliphatic carbocycles. The summed E-state index contributed by atoms with van der Waals surface area (Å²) < 4.78 is 4.94. The maximum atomic E-state index is 5.97. The number of nitrogens with zero attached hydrogens (tertiary/aromatic N) is 2. The van der Waals surface area contributed by atoms with Gasteiger partial charge in [-0.25, -0.2) is 4.98 Å². The Balaban J connectivity index is 2.11. The summed E-state index contributed by atoms with van der Waals surface area (Å²) in [5.41, 5.74) is 0. The summed E-state index contributed by atoms with van der Waals surface area (Å²) in [5.74, 6) is 0.636. The molecule has 0 saturated heterocycles. The second-order valence-electron chi connectivity index (χ2n) is 3.34. The number of ether oxygens (including phenoxy) is 1. The summed E-state index contributed by atoms with van der Waals surface area (Å²) in [6, 6.07) is 0.704. The van der Waals surface area contributed by atoms with Crippen molar-refractivity contribution in [3.05, 3.63) is 23.4 Å². The summed E-state index contributed by atoms with van der Waals surface area (Å²) >= 11 is 5.97. The van der Waals surface area contributed by atoms with Crippen LogP contribution in [-0.2, 0) is 0 Å². The molecule has 0 aliphatic heterocycles. The average Bonchev–Trinajstić information content (AvgIpc) is 2.74. The van der Waals surface area contributed by atoms with Crippen molar-refractivity contribution in [1.82, 2.24) is 9.97 Å². The first-order valence-corrected chi connectivity index (χ1v) is 5.15. The van der Waals surface area contributed by atoms with Crippen molar-refractivity contribution >= 4 is 17.4 Å². The molecule has 0 radical (unpaired) electrons. The van der Waals surface area contributed by atoms with Crippen LogP contribution in [-0.4, -0.2) is 23.1 Å². The molecule has 1 N–H and O–H groups in total. The zero-order valence-corrected chi connectivity index (χ0v) is 9.16. The normalized spacial score (nSPS) is 15.6. The van der Waals surface area contributed by atoms with E-state index in [-0.39, 0.29) is 0 Å². The van der Waals surface area contributed by atoms with Crippen LogP contribution in [0.15, 0.2) is 18.3 Å². The largest absolute Gasteiger partial charge is 0.467 e. The van der Waals surface area contributed by atoms with Crippen LogP contribution in [0.5, 0.6) is 6.01 Å². The molecule has 0 bridgehead atoms. The first-order chi connectivity index (χ1) is 7.29. The standard InChI is InChI=1S/C10H12ClN3O/c1-15-10-12-6-8(11)9(14-10)13-7-4-2-3-5-7/h2-3,6-7H,4-5H2,1H3,(H,12,13,14). The van der Waals surface area contributed by atoms with Crippen LogP contribution in [0.4, 0.5) is 5.82 Å². The fourth-order valence-corrected chi connectivity index (χ4v) is 1.62. The van der Waals surface area contributed by atoms with Gasteiger partial charge < -0.3 is 10.1 Å². The van der Waals surface area contributed by atoms with Gasteiger partial charge in [-0.3, -0.25) is 0 Å². The van der Waals surface area contributed by atoms with Crippen molar-refractivity contribution in [2.75, 3.05) is 12.4 Å². The molecule has 0 unspecified atom stereocenters. The van der Waals surface area contributed by atoms with E-state index in [2.05, 4.69) is 27.4 Å². The minimum absolute atomic E-state index is 0.327. The molecule has 0 fully saturated rings. The Morgan fingerprint density at radius 3 is 2.87 bits per heavy atom. The smallest absolute Gasteiger partial charge is 0.318 e. The predicted octanol–water partition coefficient (Wildman–Crippen LogP) is 2.27. The van der Waals surface area contributed by atoms with Gasteiger partial charge in [0.05, 0.1) is 13.3 Å². The van der Waals surface area contributed by atoms with Crippen LogP contribution in [0.2, 0.25) is 5.02 Å². The van der Waals surface area contributed by atoms with E-state index in [1.165, 1.54) is 13.3 Å². The highest BCUT2D eigenvalue weighted by Crippen LogP contribution is 2.23. The van der Waals surface area contributed by atoms with Gasteiger partial charge in [0.25, 0.3) is 0 Å². The van der Waals surface area contributed by atoms with E-state index in [4.69, 9.17) is 16.3 Å². The Bertz CT molecular complexity index is 373. The molecule has 80 valence electrons. The number of rotatable bonds is 3. The highest BCUT2D eigenvalue weighted by molar-refractivity contribution is 6.32. The summed E-state index contributed by atoms with van der Waals surface area (Å²) in [4.78, 5) is 8.06. The van der Waals surface area contributed by atoms with Crippen molar-refractivity contribution < 1.29 is 4.74 Å². The highest BCUT2D eigenvalue weighted by Gasteiger charge is 2.13. The van der Waals surface area contributed by atoms with Gasteiger partial charge >= 0.3 is 6.01 Å². The Morgan fingerprint density at radius 2 is 2.20 bits per heavy atom. The number of halogens is 1. The van der Waals surface area contributed by atoms with Crippen molar-refractivity contribution in [3.8, 4) is 6.01 Å². The minimum atomic E-state index is 0.327. The lowest BCUT2D eigenvalue weighted by Gasteiger charge is -2.13. The molecule has 4 nitrogen and oxygen atoms in total. The Kier molecular flexibility index (Phi) is 3.06. The fourth-order valence-electron chi connectivity index (χ4n) is 1.48. The molecular weight excluding hydrogens is 214 g/mol. The molecule has 0 atom stereocenters. The first kappa shape index (κ1) is 10.2.